The van der Waals surface area contributed by atoms with E-state index in [2.05, 4.69) is 22.5 Å². The van der Waals surface area contributed by atoms with E-state index < -0.39 is 0 Å². The molecule has 0 aromatic heterocycles. The summed E-state index contributed by atoms with van der Waals surface area (Å²) < 4.78 is 16.4. The molecule has 6 nitrogen and oxygen atoms in total. The maximum Gasteiger partial charge on any atom is 0.195 e. The Morgan fingerprint density at radius 3 is 2.58 bits per heavy atom. The van der Waals surface area contributed by atoms with Gasteiger partial charge >= 0.3 is 0 Å². The summed E-state index contributed by atoms with van der Waals surface area (Å²) in [6.07, 6.45) is 2.25. The number of guanidine groups is 1. The molecule has 0 bridgehead atoms. The van der Waals surface area contributed by atoms with Crippen LogP contribution in [0.1, 0.15) is 26.7 Å². The molecule has 2 N–H and O–H groups in total. The lowest BCUT2D eigenvalue weighted by molar-refractivity contribution is 0.136. The number of halogens is 1. The number of benzene rings is 1. The first-order valence-corrected chi connectivity index (χ1v) is 8.11. The van der Waals surface area contributed by atoms with Crippen molar-refractivity contribution in [1.29, 1.82) is 0 Å². The molecule has 0 fully saturated rings. The van der Waals surface area contributed by atoms with Gasteiger partial charge < -0.3 is 24.8 Å². The molecule has 0 saturated heterocycles. The fraction of sp³-hybridized carbons (Fsp3) is 0.588. The standard InChI is InChI=1S/C17H29N3O3.HI/c1-5-7-11-22-12-10-19-17(18-3)20-14-8-9-15(21-4)16(13-14)23-6-2;/h8-9,13H,5-7,10-12H2,1-4H3,(H2,18,19,20);1H. The molecular weight excluding hydrogens is 421 g/mol. The topological polar surface area (TPSA) is 64.1 Å². The Labute approximate surface area is 162 Å². The minimum Gasteiger partial charge on any atom is -0.493 e. The Balaban J connectivity index is 0.00000529. The second-order valence-corrected chi connectivity index (χ2v) is 4.89. The number of aliphatic imine (C=N–C) groups is 1. The van der Waals surface area contributed by atoms with Crippen molar-refractivity contribution < 1.29 is 14.2 Å². The van der Waals surface area contributed by atoms with E-state index in [1.165, 1.54) is 0 Å². The van der Waals surface area contributed by atoms with E-state index in [9.17, 15) is 0 Å². The van der Waals surface area contributed by atoms with Crippen molar-refractivity contribution in [3.8, 4) is 11.5 Å². The predicted octanol–water partition coefficient (Wildman–Crippen LogP) is 3.52. The molecule has 0 aliphatic carbocycles. The average molecular weight is 451 g/mol. The van der Waals surface area contributed by atoms with Crippen molar-refractivity contribution >= 4 is 35.6 Å². The summed E-state index contributed by atoms with van der Waals surface area (Å²) in [6, 6.07) is 5.69. The maximum atomic E-state index is 5.57. The van der Waals surface area contributed by atoms with Gasteiger partial charge in [0.2, 0.25) is 0 Å². The highest BCUT2D eigenvalue weighted by Gasteiger charge is 2.06. The highest BCUT2D eigenvalue weighted by molar-refractivity contribution is 14.0. The first-order chi connectivity index (χ1) is 11.2. The molecule has 1 aromatic carbocycles. The van der Waals surface area contributed by atoms with Crippen molar-refractivity contribution in [3.05, 3.63) is 18.2 Å². The molecule has 0 unspecified atom stereocenters. The molecule has 1 rings (SSSR count). The summed E-state index contributed by atoms with van der Waals surface area (Å²) in [4.78, 5) is 4.20. The first kappa shape index (κ1) is 22.8. The van der Waals surface area contributed by atoms with Gasteiger partial charge in [-0.1, -0.05) is 13.3 Å². The second-order valence-electron chi connectivity index (χ2n) is 4.89. The van der Waals surface area contributed by atoms with Gasteiger partial charge in [-0.3, -0.25) is 4.99 Å². The summed E-state index contributed by atoms with van der Waals surface area (Å²) in [7, 11) is 3.37. The van der Waals surface area contributed by atoms with Crippen molar-refractivity contribution in [3.63, 3.8) is 0 Å². The zero-order chi connectivity index (χ0) is 16.9. The zero-order valence-electron chi connectivity index (χ0n) is 15.1. The van der Waals surface area contributed by atoms with Gasteiger partial charge in [-0.05, 0) is 25.5 Å². The molecule has 0 spiro atoms. The fourth-order valence-corrected chi connectivity index (χ4v) is 1.93. The van der Waals surface area contributed by atoms with E-state index >= 15 is 0 Å². The first-order valence-electron chi connectivity index (χ1n) is 8.11. The van der Waals surface area contributed by atoms with Crippen LogP contribution in [0.5, 0.6) is 11.5 Å². The Morgan fingerprint density at radius 1 is 1.17 bits per heavy atom. The molecule has 24 heavy (non-hydrogen) atoms. The number of nitrogens with zero attached hydrogens (tertiary/aromatic N) is 1. The van der Waals surface area contributed by atoms with Crippen molar-refractivity contribution in [2.24, 2.45) is 4.99 Å². The van der Waals surface area contributed by atoms with E-state index in [-0.39, 0.29) is 24.0 Å². The van der Waals surface area contributed by atoms with Crippen LogP contribution < -0.4 is 20.1 Å². The van der Waals surface area contributed by atoms with Gasteiger partial charge in [-0.25, -0.2) is 0 Å². The smallest absolute Gasteiger partial charge is 0.195 e. The van der Waals surface area contributed by atoms with Gasteiger partial charge in [-0.2, -0.15) is 0 Å². The summed E-state index contributed by atoms with van der Waals surface area (Å²) >= 11 is 0. The van der Waals surface area contributed by atoms with Crippen LogP contribution in [0.25, 0.3) is 0 Å². The molecule has 0 aliphatic heterocycles. The lowest BCUT2D eigenvalue weighted by Gasteiger charge is -2.14. The summed E-state index contributed by atoms with van der Waals surface area (Å²) in [5, 5.41) is 6.45. The number of methoxy groups -OCH3 is 1. The van der Waals surface area contributed by atoms with Crippen LogP contribution in [0, 0.1) is 0 Å². The third-order valence-electron chi connectivity index (χ3n) is 3.13. The molecule has 0 atom stereocenters. The molecule has 0 aliphatic rings. The minimum atomic E-state index is 0. The van der Waals surface area contributed by atoms with Gasteiger partial charge in [0.15, 0.2) is 17.5 Å². The monoisotopic (exact) mass is 451 g/mol. The highest BCUT2D eigenvalue weighted by Crippen LogP contribution is 2.30. The third kappa shape index (κ3) is 8.58. The van der Waals surface area contributed by atoms with Crippen molar-refractivity contribution in [1.82, 2.24) is 5.32 Å². The number of ether oxygens (including phenoxy) is 3. The number of hydrogen-bond donors (Lipinski definition) is 2. The van der Waals surface area contributed by atoms with E-state index in [0.29, 0.717) is 37.2 Å². The van der Waals surface area contributed by atoms with Crippen molar-refractivity contribution in [2.75, 3.05) is 45.8 Å². The van der Waals surface area contributed by atoms with Crippen LogP contribution in [0.2, 0.25) is 0 Å². The third-order valence-corrected chi connectivity index (χ3v) is 3.13. The second kappa shape index (κ2) is 14.2. The Hall–Kier alpha value is -1.22. The van der Waals surface area contributed by atoms with Crippen LogP contribution in [-0.4, -0.2) is 46.5 Å². The zero-order valence-corrected chi connectivity index (χ0v) is 17.4. The Morgan fingerprint density at radius 2 is 1.96 bits per heavy atom. The number of nitrogens with one attached hydrogen (secondary N) is 2. The van der Waals surface area contributed by atoms with Crippen LogP contribution in [0.4, 0.5) is 5.69 Å². The minimum absolute atomic E-state index is 0. The maximum absolute atomic E-state index is 5.57. The summed E-state index contributed by atoms with van der Waals surface area (Å²) in [5.41, 5.74) is 0.884. The van der Waals surface area contributed by atoms with E-state index in [0.717, 1.165) is 25.1 Å². The van der Waals surface area contributed by atoms with Gasteiger partial charge in [0, 0.05) is 32.0 Å². The van der Waals surface area contributed by atoms with Crippen LogP contribution in [-0.2, 0) is 4.74 Å². The van der Waals surface area contributed by atoms with Crippen molar-refractivity contribution in [2.45, 2.75) is 26.7 Å². The number of hydrogen-bond acceptors (Lipinski definition) is 4. The van der Waals surface area contributed by atoms with Crippen LogP contribution in [0.15, 0.2) is 23.2 Å². The average Bonchev–Trinajstić information content (AvgIpc) is 2.57. The van der Waals surface area contributed by atoms with E-state index in [1.807, 2.05) is 25.1 Å². The largest absolute Gasteiger partial charge is 0.493 e. The molecule has 0 radical (unpaired) electrons. The summed E-state index contributed by atoms with van der Waals surface area (Å²) in [6.45, 7) is 6.85. The lowest BCUT2D eigenvalue weighted by atomic mass is 10.2. The van der Waals surface area contributed by atoms with Crippen LogP contribution in [0.3, 0.4) is 0 Å². The molecule has 0 heterocycles. The van der Waals surface area contributed by atoms with E-state index in [1.54, 1.807) is 14.2 Å². The lowest BCUT2D eigenvalue weighted by Crippen LogP contribution is -2.33. The summed E-state index contributed by atoms with van der Waals surface area (Å²) in [5.74, 6) is 2.11. The number of anilines is 1. The quantitative estimate of drug-likeness (QED) is 0.247. The SMILES string of the molecule is CCCCOCCNC(=NC)Nc1ccc(OC)c(OCC)c1.I. The Kier molecular flexibility index (Phi) is 13.4. The Bertz CT molecular complexity index is 484. The molecule has 0 saturated carbocycles. The fourth-order valence-electron chi connectivity index (χ4n) is 1.93. The number of unbranched alkanes of at least 4 members (excludes halogenated alkanes) is 1. The van der Waals surface area contributed by atoms with Gasteiger partial charge in [0.1, 0.15) is 0 Å². The molecule has 1 aromatic rings. The predicted molar refractivity (Wildman–Crippen MR) is 110 cm³/mol. The van der Waals surface area contributed by atoms with Gasteiger partial charge in [-0.15, -0.1) is 24.0 Å². The number of rotatable bonds is 10. The normalized spacial score (nSPS) is 10.8. The molecule has 7 heteroatoms. The molecule has 138 valence electrons. The highest BCUT2D eigenvalue weighted by atomic mass is 127. The van der Waals surface area contributed by atoms with E-state index in [4.69, 9.17) is 14.2 Å². The molecule has 0 amide bonds. The van der Waals surface area contributed by atoms with Gasteiger partial charge in [0.05, 0.1) is 20.3 Å². The van der Waals surface area contributed by atoms with Crippen LogP contribution >= 0.6 is 24.0 Å². The molecular formula is C17H30IN3O3. The van der Waals surface area contributed by atoms with Gasteiger partial charge in [0.25, 0.3) is 0 Å².